The summed E-state index contributed by atoms with van der Waals surface area (Å²) in [6.07, 6.45) is 5.44. The highest BCUT2D eigenvalue weighted by atomic mass is 16.2. The van der Waals surface area contributed by atoms with Crippen LogP contribution in [0.3, 0.4) is 0 Å². The highest BCUT2D eigenvalue weighted by molar-refractivity contribution is 5.86. The van der Waals surface area contributed by atoms with Gasteiger partial charge in [0.25, 0.3) is 0 Å². The van der Waals surface area contributed by atoms with Gasteiger partial charge in [0.15, 0.2) is 0 Å². The Bertz CT molecular complexity index is 1190. The van der Waals surface area contributed by atoms with Crippen molar-refractivity contribution in [2.45, 2.75) is 39.8 Å². The summed E-state index contributed by atoms with van der Waals surface area (Å²) in [4.78, 5) is 17.3. The Labute approximate surface area is 189 Å². The number of hydrogen-bond acceptors (Lipinski definition) is 3. The molecule has 4 rings (SSSR count). The van der Waals surface area contributed by atoms with Crippen molar-refractivity contribution < 1.29 is 4.79 Å². The SMILES string of the molecule is CC(C)NC(=O)C(C)(C)C(c1ccc(Nc2ccc3ccccc3c2)cc1)n1ccnc1. The van der Waals surface area contributed by atoms with E-state index in [4.69, 9.17) is 0 Å². The number of carbonyl (C=O) groups is 1. The topological polar surface area (TPSA) is 59.0 Å². The molecule has 164 valence electrons. The quantitative estimate of drug-likeness (QED) is 0.386. The summed E-state index contributed by atoms with van der Waals surface area (Å²) in [5.74, 6) is 0.0181. The largest absolute Gasteiger partial charge is 0.356 e. The molecule has 5 heteroatoms. The predicted molar refractivity (Wildman–Crippen MR) is 131 cm³/mol. The molecule has 0 aliphatic rings. The van der Waals surface area contributed by atoms with Crippen molar-refractivity contribution in [3.63, 3.8) is 0 Å². The van der Waals surface area contributed by atoms with Crippen LogP contribution in [0.15, 0.2) is 85.5 Å². The Morgan fingerprint density at radius 2 is 1.62 bits per heavy atom. The van der Waals surface area contributed by atoms with Crippen LogP contribution in [0.4, 0.5) is 11.4 Å². The van der Waals surface area contributed by atoms with Crippen molar-refractivity contribution in [1.29, 1.82) is 0 Å². The van der Waals surface area contributed by atoms with Gasteiger partial charge in [0.1, 0.15) is 0 Å². The van der Waals surface area contributed by atoms with Crippen molar-refractivity contribution in [1.82, 2.24) is 14.9 Å². The van der Waals surface area contributed by atoms with Crippen molar-refractivity contribution >= 4 is 28.1 Å². The van der Waals surface area contributed by atoms with E-state index in [-0.39, 0.29) is 18.0 Å². The molecule has 0 saturated heterocycles. The number of fused-ring (bicyclic) bond motifs is 1. The van der Waals surface area contributed by atoms with Gasteiger partial charge in [0.2, 0.25) is 5.91 Å². The first-order valence-corrected chi connectivity index (χ1v) is 11.0. The molecule has 32 heavy (non-hydrogen) atoms. The summed E-state index contributed by atoms with van der Waals surface area (Å²) in [7, 11) is 0. The minimum absolute atomic E-state index is 0.0181. The second-order valence-electron chi connectivity index (χ2n) is 9.07. The van der Waals surface area contributed by atoms with Crippen LogP contribution in [0, 0.1) is 5.41 Å². The molecular formula is C27H30N4O. The molecule has 3 aromatic carbocycles. The fraction of sp³-hybridized carbons (Fsp3) is 0.259. The van der Waals surface area contributed by atoms with E-state index >= 15 is 0 Å². The summed E-state index contributed by atoms with van der Waals surface area (Å²) in [5.41, 5.74) is 2.42. The Balaban J connectivity index is 1.61. The van der Waals surface area contributed by atoms with E-state index in [0.717, 1.165) is 16.9 Å². The van der Waals surface area contributed by atoms with E-state index in [1.807, 2.05) is 50.6 Å². The molecule has 1 unspecified atom stereocenters. The third-order valence-corrected chi connectivity index (χ3v) is 5.78. The first kappa shape index (κ1) is 21.6. The van der Waals surface area contributed by atoms with Gasteiger partial charge in [-0.05, 0) is 68.3 Å². The Kier molecular flexibility index (Phi) is 5.99. The maximum absolute atomic E-state index is 13.0. The lowest BCUT2D eigenvalue weighted by atomic mass is 9.79. The van der Waals surface area contributed by atoms with Crippen molar-refractivity contribution in [2.24, 2.45) is 5.41 Å². The number of hydrogen-bond donors (Lipinski definition) is 2. The van der Waals surface area contributed by atoms with E-state index in [1.54, 1.807) is 12.5 Å². The first-order valence-electron chi connectivity index (χ1n) is 11.0. The smallest absolute Gasteiger partial charge is 0.228 e. The monoisotopic (exact) mass is 426 g/mol. The second-order valence-corrected chi connectivity index (χ2v) is 9.07. The van der Waals surface area contributed by atoms with E-state index in [1.165, 1.54) is 10.8 Å². The van der Waals surface area contributed by atoms with Gasteiger partial charge in [0, 0.05) is 29.8 Å². The van der Waals surface area contributed by atoms with Crippen LogP contribution in [0.25, 0.3) is 10.8 Å². The molecule has 0 aliphatic heterocycles. The van der Waals surface area contributed by atoms with Gasteiger partial charge in [-0.2, -0.15) is 0 Å². The minimum Gasteiger partial charge on any atom is -0.356 e. The number of rotatable bonds is 7. The average Bonchev–Trinajstić information content (AvgIpc) is 3.28. The Morgan fingerprint density at radius 1 is 0.938 bits per heavy atom. The summed E-state index contributed by atoms with van der Waals surface area (Å²) < 4.78 is 2.01. The van der Waals surface area contributed by atoms with Gasteiger partial charge in [-0.3, -0.25) is 4.79 Å². The third kappa shape index (κ3) is 4.52. The highest BCUT2D eigenvalue weighted by Gasteiger charge is 2.39. The molecule has 1 atom stereocenters. The summed E-state index contributed by atoms with van der Waals surface area (Å²) in [5, 5.41) is 8.98. The van der Waals surface area contributed by atoms with E-state index in [0.29, 0.717) is 0 Å². The molecule has 0 fully saturated rings. The summed E-state index contributed by atoms with van der Waals surface area (Å²) in [6.45, 7) is 7.92. The minimum atomic E-state index is -0.668. The van der Waals surface area contributed by atoms with Gasteiger partial charge in [-0.25, -0.2) is 4.98 Å². The molecule has 0 bridgehead atoms. The molecule has 5 nitrogen and oxygen atoms in total. The first-order chi connectivity index (χ1) is 15.3. The number of aromatic nitrogens is 2. The van der Waals surface area contributed by atoms with Gasteiger partial charge in [0.05, 0.1) is 17.8 Å². The van der Waals surface area contributed by atoms with Crippen LogP contribution in [0.2, 0.25) is 0 Å². The summed E-state index contributed by atoms with van der Waals surface area (Å²) in [6, 6.07) is 22.9. The highest BCUT2D eigenvalue weighted by Crippen LogP contribution is 2.38. The van der Waals surface area contributed by atoms with Crippen LogP contribution in [0.1, 0.15) is 39.3 Å². The molecule has 0 aliphatic carbocycles. The number of carbonyl (C=O) groups excluding carboxylic acids is 1. The number of nitrogens with zero attached hydrogens (tertiary/aromatic N) is 2. The standard InChI is InChI=1S/C27H30N4O/c1-19(2)29-26(32)27(3,4)25(31-16-15-28-18-31)21-10-12-23(13-11-21)30-24-14-9-20-7-5-6-8-22(20)17-24/h5-19,25,30H,1-4H3,(H,29,32). The molecule has 0 saturated carbocycles. The number of anilines is 2. The summed E-state index contributed by atoms with van der Waals surface area (Å²) >= 11 is 0. The maximum Gasteiger partial charge on any atom is 0.228 e. The Hall–Kier alpha value is -3.60. The number of nitrogens with one attached hydrogen (secondary N) is 2. The number of benzene rings is 3. The van der Waals surface area contributed by atoms with E-state index in [9.17, 15) is 4.79 Å². The van der Waals surface area contributed by atoms with Crippen LogP contribution in [0.5, 0.6) is 0 Å². The predicted octanol–water partition coefficient (Wildman–Crippen LogP) is 5.92. The van der Waals surface area contributed by atoms with Crippen molar-refractivity contribution in [3.8, 4) is 0 Å². The van der Waals surface area contributed by atoms with Gasteiger partial charge in [-0.1, -0.05) is 42.5 Å². The third-order valence-electron chi connectivity index (χ3n) is 5.78. The van der Waals surface area contributed by atoms with Crippen LogP contribution >= 0.6 is 0 Å². The van der Waals surface area contributed by atoms with Crippen LogP contribution < -0.4 is 10.6 Å². The molecule has 1 amide bonds. The van der Waals surface area contributed by atoms with Crippen molar-refractivity contribution in [3.05, 3.63) is 91.0 Å². The fourth-order valence-electron chi connectivity index (χ4n) is 4.14. The van der Waals surface area contributed by atoms with Gasteiger partial charge in [-0.15, -0.1) is 0 Å². The number of amides is 1. The van der Waals surface area contributed by atoms with Crippen LogP contribution in [-0.2, 0) is 4.79 Å². The molecule has 0 radical (unpaired) electrons. The lowest BCUT2D eigenvalue weighted by Crippen LogP contribution is -2.45. The molecule has 1 aromatic heterocycles. The zero-order chi connectivity index (χ0) is 22.7. The van der Waals surface area contributed by atoms with E-state index < -0.39 is 5.41 Å². The molecule has 2 N–H and O–H groups in total. The Morgan fingerprint density at radius 3 is 2.28 bits per heavy atom. The lowest BCUT2D eigenvalue weighted by molar-refractivity contribution is -0.131. The lowest BCUT2D eigenvalue weighted by Gasteiger charge is -2.35. The molecule has 0 spiro atoms. The normalized spacial score (nSPS) is 12.7. The zero-order valence-corrected chi connectivity index (χ0v) is 19.0. The van der Waals surface area contributed by atoms with E-state index in [2.05, 4.69) is 70.2 Å². The molecule has 1 heterocycles. The maximum atomic E-state index is 13.0. The van der Waals surface area contributed by atoms with Crippen LogP contribution in [-0.4, -0.2) is 21.5 Å². The average molecular weight is 427 g/mol. The zero-order valence-electron chi connectivity index (χ0n) is 19.0. The van der Waals surface area contributed by atoms with Gasteiger partial charge >= 0.3 is 0 Å². The number of imidazole rings is 1. The second kappa shape index (κ2) is 8.87. The van der Waals surface area contributed by atoms with Gasteiger partial charge < -0.3 is 15.2 Å². The molecular weight excluding hydrogens is 396 g/mol. The molecule has 4 aromatic rings. The van der Waals surface area contributed by atoms with Crippen molar-refractivity contribution in [2.75, 3.05) is 5.32 Å². The fourth-order valence-corrected chi connectivity index (χ4v) is 4.14.